The summed E-state index contributed by atoms with van der Waals surface area (Å²) < 4.78 is 0. The standard InChI is InChI=1S/C23H34N4/c1-4-23(26-15-18-7-5-6-16(2)12-18)25-14-17(3)21-13-22(21)27-20-10-8-19(24)9-11-20/h4-7,12,14,19-22,26-27H,3,8-11,13,15,24H2,1-2H3/b23-4+,25-14?/t19?,20?,21-,22+/m1/s1. The lowest BCUT2D eigenvalue weighted by Crippen LogP contribution is -2.39. The SMILES string of the molecule is C=C(C=N/C(=C\C)NCc1cccc(C)c1)[C@H]1C[C@@H]1NC1CCC(N)CC1. The number of allylic oxidation sites excluding steroid dienone is 1. The maximum Gasteiger partial charge on any atom is 0.121 e. The van der Waals surface area contributed by atoms with Crippen LogP contribution in [0, 0.1) is 12.8 Å². The van der Waals surface area contributed by atoms with Crippen molar-refractivity contribution in [2.45, 2.75) is 70.6 Å². The van der Waals surface area contributed by atoms with Gasteiger partial charge in [0.05, 0.1) is 0 Å². The Morgan fingerprint density at radius 1 is 1.30 bits per heavy atom. The molecule has 4 N–H and O–H groups in total. The molecule has 2 atom stereocenters. The Kier molecular flexibility index (Phi) is 6.86. The molecule has 0 heterocycles. The average molecular weight is 367 g/mol. The van der Waals surface area contributed by atoms with Crippen LogP contribution in [0.15, 0.2) is 53.3 Å². The van der Waals surface area contributed by atoms with Crippen LogP contribution in [0.25, 0.3) is 0 Å². The molecule has 2 aliphatic rings. The molecule has 2 aliphatic carbocycles. The van der Waals surface area contributed by atoms with Gasteiger partial charge in [0.25, 0.3) is 0 Å². The number of aliphatic imine (C=N–C) groups is 1. The van der Waals surface area contributed by atoms with Crippen LogP contribution in [0.1, 0.15) is 50.2 Å². The molecule has 4 nitrogen and oxygen atoms in total. The minimum atomic E-state index is 0.409. The van der Waals surface area contributed by atoms with Gasteiger partial charge in [0.2, 0.25) is 0 Å². The highest BCUT2D eigenvalue weighted by Crippen LogP contribution is 2.37. The third-order valence-electron chi connectivity index (χ3n) is 5.69. The summed E-state index contributed by atoms with van der Waals surface area (Å²) >= 11 is 0. The second kappa shape index (κ2) is 9.34. The fourth-order valence-electron chi connectivity index (χ4n) is 3.86. The van der Waals surface area contributed by atoms with Crippen molar-refractivity contribution in [1.29, 1.82) is 0 Å². The number of nitrogens with zero attached hydrogens (tertiary/aromatic N) is 1. The molecule has 4 heteroatoms. The molecule has 0 aliphatic heterocycles. The Labute approximate surface area is 164 Å². The summed E-state index contributed by atoms with van der Waals surface area (Å²) in [7, 11) is 0. The molecule has 1 aromatic carbocycles. The second-order valence-electron chi connectivity index (χ2n) is 8.08. The topological polar surface area (TPSA) is 62.4 Å². The molecule has 146 valence electrons. The van der Waals surface area contributed by atoms with Crippen molar-refractivity contribution in [3.8, 4) is 0 Å². The fourth-order valence-corrected chi connectivity index (χ4v) is 3.86. The lowest BCUT2D eigenvalue weighted by atomic mass is 9.92. The smallest absolute Gasteiger partial charge is 0.121 e. The third kappa shape index (κ3) is 6.05. The van der Waals surface area contributed by atoms with Crippen molar-refractivity contribution >= 4 is 6.21 Å². The number of benzene rings is 1. The second-order valence-corrected chi connectivity index (χ2v) is 8.08. The van der Waals surface area contributed by atoms with Gasteiger partial charge >= 0.3 is 0 Å². The van der Waals surface area contributed by atoms with Gasteiger partial charge in [-0.2, -0.15) is 0 Å². The summed E-state index contributed by atoms with van der Waals surface area (Å²) in [4.78, 5) is 4.61. The number of hydrogen-bond acceptors (Lipinski definition) is 4. The molecule has 1 aromatic rings. The monoisotopic (exact) mass is 366 g/mol. The highest BCUT2D eigenvalue weighted by atomic mass is 15.0. The summed E-state index contributed by atoms with van der Waals surface area (Å²) in [5.41, 5.74) is 9.66. The zero-order chi connectivity index (χ0) is 19.2. The van der Waals surface area contributed by atoms with Gasteiger partial charge in [-0.3, -0.25) is 0 Å². The minimum absolute atomic E-state index is 0.409. The van der Waals surface area contributed by atoms with Crippen molar-refractivity contribution in [2.24, 2.45) is 16.6 Å². The van der Waals surface area contributed by atoms with E-state index in [1.807, 2.05) is 19.2 Å². The third-order valence-corrected chi connectivity index (χ3v) is 5.69. The van der Waals surface area contributed by atoms with Crippen molar-refractivity contribution in [3.05, 3.63) is 59.4 Å². The summed E-state index contributed by atoms with van der Waals surface area (Å²) in [5.74, 6) is 1.42. The molecule has 0 bridgehead atoms. The van der Waals surface area contributed by atoms with E-state index in [0.29, 0.717) is 24.0 Å². The average Bonchev–Trinajstić information content (AvgIpc) is 3.43. The lowest BCUT2D eigenvalue weighted by molar-refractivity contribution is 0.339. The van der Waals surface area contributed by atoms with Crippen LogP contribution in [0.5, 0.6) is 0 Å². The van der Waals surface area contributed by atoms with Crippen molar-refractivity contribution < 1.29 is 0 Å². The molecule has 27 heavy (non-hydrogen) atoms. The Morgan fingerprint density at radius 3 is 2.78 bits per heavy atom. The number of nitrogens with one attached hydrogen (secondary N) is 2. The van der Waals surface area contributed by atoms with E-state index < -0.39 is 0 Å². The maximum atomic E-state index is 6.00. The molecule has 0 unspecified atom stereocenters. The van der Waals surface area contributed by atoms with E-state index in [1.54, 1.807) is 0 Å². The Morgan fingerprint density at radius 2 is 2.07 bits per heavy atom. The van der Waals surface area contributed by atoms with Gasteiger partial charge < -0.3 is 16.4 Å². The van der Waals surface area contributed by atoms with Gasteiger partial charge in [-0.15, -0.1) is 0 Å². The summed E-state index contributed by atoms with van der Waals surface area (Å²) in [6.45, 7) is 9.15. The van der Waals surface area contributed by atoms with Crippen LogP contribution in [0.4, 0.5) is 0 Å². The molecule has 3 rings (SSSR count). The van der Waals surface area contributed by atoms with Gasteiger partial charge in [0.1, 0.15) is 5.82 Å². The van der Waals surface area contributed by atoms with Crippen LogP contribution in [0.3, 0.4) is 0 Å². The van der Waals surface area contributed by atoms with Gasteiger partial charge in [0, 0.05) is 36.8 Å². The first kappa shape index (κ1) is 19.8. The van der Waals surface area contributed by atoms with E-state index in [9.17, 15) is 0 Å². The van der Waals surface area contributed by atoms with Crippen LogP contribution in [-0.2, 0) is 6.54 Å². The first-order valence-electron chi connectivity index (χ1n) is 10.3. The molecule has 0 radical (unpaired) electrons. The summed E-state index contributed by atoms with van der Waals surface area (Å²) in [6, 6.07) is 10.1. The van der Waals surface area contributed by atoms with E-state index in [-0.39, 0.29) is 0 Å². The zero-order valence-corrected chi connectivity index (χ0v) is 16.7. The van der Waals surface area contributed by atoms with Crippen LogP contribution >= 0.6 is 0 Å². The van der Waals surface area contributed by atoms with Crippen LogP contribution < -0.4 is 16.4 Å². The molecule has 0 amide bonds. The Hall–Kier alpha value is -1.91. The molecular formula is C23H34N4. The Bertz CT molecular complexity index is 698. The molecule has 0 spiro atoms. The highest BCUT2D eigenvalue weighted by Gasteiger charge is 2.40. The first-order chi connectivity index (χ1) is 13.0. The Balaban J connectivity index is 1.42. The predicted octanol–water partition coefficient (Wildman–Crippen LogP) is 3.82. The van der Waals surface area contributed by atoms with E-state index >= 15 is 0 Å². The largest absolute Gasteiger partial charge is 0.366 e. The summed E-state index contributed by atoms with van der Waals surface area (Å²) in [6.07, 6.45) is 9.82. The van der Waals surface area contributed by atoms with Gasteiger partial charge in [-0.05, 0) is 63.2 Å². The normalized spacial score (nSPS) is 28.3. The first-order valence-corrected chi connectivity index (χ1v) is 10.3. The van der Waals surface area contributed by atoms with Crippen LogP contribution in [0.2, 0.25) is 0 Å². The summed E-state index contributed by atoms with van der Waals surface area (Å²) in [5, 5.41) is 7.19. The quantitative estimate of drug-likeness (QED) is 0.613. The van der Waals surface area contributed by atoms with E-state index in [1.165, 1.54) is 30.4 Å². The zero-order valence-electron chi connectivity index (χ0n) is 16.7. The molecule has 0 aromatic heterocycles. The fraction of sp³-hybridized carbons (Fsp3) is 0.522. The van der Waals surface area contributed by atoms with Crippen molar-refractivity contribution in [3.63, 3.8) is 0 Å². The molecular weight excluding hydrogens is 332 g/mol. The number of aryl methyl sites for hydroxylation is 1. The maximum absolute atomic E-state index is 6.00. The van der Waals surface area contributed by atoms with E-state index in [0.717, 1.165) is 30.8 Å². The minimum Gasteiger partial charge on any atom is -0.366 e. The van der Waals surface area contributed by atoms with E-state index in [2.05, 4.69) is 53.4 Å². The van der Waals surface area contributed by atoms with E-state index in [4.69, 9.17) is 5.73 Å². The van der Waals surface area contributed by atoms with Gasteiger partial charge in [-0.1, -0.05) is 36.4 Å². The van der Waals surface area contributed by atoms with Crippen molar-refractivity contribution in [1.82, 2.24) is 10.6 Å². The van der Waals surface area contributed by atoms with Gasteiger partial charge in [0.15, 0.2) is 0 Å². The molecule has 2 fully saturated rings. The van der Waals surface area contributed by atoms with Crippen molar-refractivity contribution in [2.75, 3.05) is 0 Å². The number of nitrogens with two attached hydrogens (primary N) is 1. The van der Waals surface area contributed by atoms with Gasteiger partial charge in [-0.25, -0.2) is 4.99 Å². The van der Waals surface area contributed by atoms with Crippen LogP contribution in [-0.4, -0.2) is 24.3 Å². The number of rotatable bonds is 8. The highest BCUT2D eigenvalue weighted by molar-refractivity contribution is 5.80. The lowest BCUT2D eigenvalue weighted by Gasteiger charge is -2.27. The predicted molar refractivity (Wildman–Crippen MR) is 115 cm³/mol. The number of hydrogen-bond donors (Lipinski definition) is 3. The molecule has 0 saturated heterocycles. The molecule has 2 saturated carbocycles.